The van der Waals surface area contributed by atoms with Crippen LogP contribution in [0.3, 0.4) is 0 Å². The molecule has 9 heteroatoms. The molecule has 0 fully saturated rings. The number of nitrogens with two attached hydrogens (primary N) is 1. The summed E-state index contributed by atoms with van der Waals surface area (Å²) >= 11 is 0. The van der Waals surface area contributed by atoms with Crippen molar-refractivity contribution in [2.45, 2.75) is 12.8 Å². The SMILES string of the molecule is CCOC(=O)C1C(N)=Nc2cc[nH]c(=O)c2C1c1ccccc1[N+](=O)[O-]. The lowest BCUT2D eigenvalue weighted by Gasteiger charge is -2.29. The number of hydrogen-bond donors (Lipinski definition) is 2. The Kier molecular flexibility index (Phi) is 4.53. The van der Waals surface area contributed by atoms with Crippen molar-refractivity contribution in [3.8, 4) is 0 Å². The van der Waals surface area contributed by atoms with E-state index in [0.29, 0.717) is 0 Å². The summed E-state index contributed by atoms with van der Waals surface area (Å²) in [4.78, 5) is 42.6. The van der Waals surface area contributed by atoms with E-state index in [2.05, 4.69) is 9.98 Å². The van der Waals surface area contributed by atoms with Crippen molar-refractivity contribution in [2.75, 3.05) is 6.61 Å². The van der Waals surface area contributed by atoms with Crippen LogP contribution in [0.1, 0.15) is 24.0 Å². The maximum atomic E-state index is 12.5. The number of ether oxygens (including phenoxy) is 1. The lowest BCUT2D eigenvalue weighted by Crippen LogP contribution is -2.41. The van der Waals surface area contributed by atoms with Crippen LogP contribution in [0.15, 0.2) is 46.3 Å². The zero-order chi connectivity index (χ0) is 18.8. The van der Waals surface area contributed by atoms with E-state index in [9.17, 15) is 19.7 Å². The number of pyridine rings is 1. The van der Waals surface area contributed by atoms with E-state index in [0.717, 1.165) is 0 Å². The molecular formula is C17H16N4O5. The van der Waals surface area contributed by atoms with Gasteiger partial charge in [-0.05, 0) is 13.0 Å². The van der Waals surface area contributed by atoms with Gasteiger partial charge in [-0.25, -0.2) is 4.99 Å². The first kappa shape index (κ1) is 17.3. The highest BCUT2D eigenvalue weighted by Crippen LogP contribution is 2.42. The Bertz CT molecular complexity index is 966. The number of carbonyl (C=O) groups is 1. The molecule has 3 N–H and O–H groups in total. The highest BCUT2D eigenvalue weighted by Gasteiger charge is 2.43. The van der Waals surface area contributed by atoms with E-state index in [-0.39, 0.29) is 34.9 Å². The Morgan fingerprint density at radius 2 is 2.12 bits per heavy atom. The predicted octanol–water partition coefficient (Wildman–Crippen LogP) is 1.60. The van der Waals surface area contributed by atoms with E-state index in [1.165, 1.54) is 30.5 Å². The van der Waals surface area contributed by atoms with Gasteiger partial charge in [0.2, 0.25) is 0 Å². The Balaban J connectivity index is 2.31. The van der Waals surface area contributed by atoms with Gasteiger partial charge in [0.15, 0.2) is 0 Å². The van der Waals surface area contributed by atoms with Gasteiger partial charge < -0.3 is 15.5 Å². The second-order valence-corrected chi connectivity index (χ2v) is 5.67. The molecule has 2 aromatic rings. The number of para-hydroxylation sites is 1. The number of hydrogen-bond acceptors (Lipinski definition) is 7. The molecule has 134 valence electrons. The van der Waals surface area contributed by atoms with E-state index >= 15 is 0 Å². The zero-order valence-corrected chi connectivity index (χ0v) is 13.8. The second-order valence-electron chi connectivity index (χ2n) is 5.67. The standard InChI is InChI=1S/C17H16N4O5/c1-2-26-17(23)14-12(9-5-3-4-6-11(9)21(24)25)13-10(20-15(14)18)7-8-19-16(13)22/h3-8,12,14H,2H2,1H3,(H2,18,20)(H,19,22). The molecule has 1 aromatic heterocycles. The summed E-state index contributed by atoms with van der Waals surface area (Å²) in [7, 11) is 0. The van der Waals surface area contributed by atoms with Crippen LogP contribution in [0.5, 0.6) is 0 Å². The van der Waals surface area contributed by atoms with Gasteiger partial charge >= 0.3 is 5.97 Å². The minimum absolute atomic E-state index is 0.0512. The fourth-order valence-corrected chi connectivity index (χ4v) is 3.16. The van der Waals surface area contributed by atoms with Gasteiger partial charge in [0, 0.05) is 23.7 Å². The molecule has 0 saturated carbocycles. The van der Waals surface area contributed by atoms with Crippen LogP contribution in [-0.2, 0) is 9.53 Å². The summed E-state index contributed by atoms with van der Waals surface area (Å²) in [5.74, 6) is -2.85. The number of amidine groups is 1. The molecule has 0 amide bonds. The molecular weight excluding hydrogens is 340 g/mol. The van der Waals surface area contributed by atoms with Crippen molar-refractivity contribution in [1.29, 1.82) is 0 Å². The third-order valence-electron chi connectivity index (χ3n) is 4.20. The topological polar surface area (TPSA) is 141 Å². The fraction of sp³-hybridized carbons (Fsp3) is 0.235. The largest absolute Gasteiger partial charge is 0.465 e. The molecule has 2 heterocycles. The van der Waals surface area contributed by atoms with Gasteiger partial charge in [-0.3, -0.25) is 19.7 Å². The lowest BCUT2D eigenvalue weighted by molar-refractivity contribution is -0.385. The van der Waals surface area contributed by atoms with E-state index in [1.54, 1.807) is 13.0 Å². The summed E-state index contributed by atoms with van der Waals surface area (Å²) in [5.41, 5.74) is 5.91. The van der Waals surface area contributed by atoms with Crippen LogP contribution >= 0.6 is 0 Å². The number of aromatic amines is 1. The third-order valence-corrected chi connectivity index (χ3v) is 4.20. The molecule has 0 aliphatic carbocycles. The minimum Gasteiger partial charge on any atom is -0.465 e. The molecule has 2 atom stereocenters. The number of nitro benzene ring substituents is 1. The molecule has 0 bridgehead atoms. The number of fused-ring (bicyclic) bond motifs is 1. The van der Waals surface area contributed by atoms with Crippen molar-refractivity contribution < 1.29 is 14.5 Å². The number of aliphatic imine (C=N–C) groups is 1. The fourth-order valence-electron chi connectivity index (χ4n) is 3.16. The number of H-pyrrole nitrogens is 1. The first-order valence-corrected chi connectivity index (χ1v) is 7.91. The van der Waals surface area contributed by atoms with Gasteiger partial charge in [-0.15, -0.1) is 0 Å². The molecule has 0 saturated heterocycles. The molecule has 0 radical (unpaired) electrons. The summed E-state index contributed by atoms with van der Waals surface area (Å²) in [5, 5.41) is 11.5. The third kappa shape index (κ3) is 2.83. The van der Waals surface area contributed by atoms with Crippen LogP contribution in [-0.4, -0.2) is 28.3 Å². The quantitative estimate of drug-likeness (QED) is 0.484. The van der Waals surface area contributed by atoms with E-state index < -0.39 is 28.3 Å². The summed E-state index contributed by atoms with van der Waals surface area (Å²) in [6, 6.07) is 7.47. The van der Waals surface area contributed by atoms with Gasteiger partial charge in [-0.1, -0.05) is 18.2 Å². The number of benzene rings is 1. The second kappa shape index (κ2) is 6.79. The van der Waals surface area contributed by atoms with Crippen molar-refractivity contribution >= 4 is 23.2 Å². The van der Waals surface area contributed by atoms with E-state index in [4.69, 9.17) is 10.5 Å². The number of esters is 1. The maximum absolute atomic E-state index is 12.5. The highest BCUT2D eigenvalue weighted by atomic mass is 16.6. The lowest BCUT2D eigenvalue weighted by atomic mass is 9.77. The summed E-state index contributed by atoms with van der Waals surface area (Å²) in [6.45, 7) is 1.74. The van der Waals surface area contributed by atoms with Gasteiger partial charge in [0.05, 0.1) is 22.8 Å². The molecule has 3 rings (SSSR count). The van der Waals surface area contributed by atoms with Gasteiger partial charge in [0.25, 0.3) is 11.2 Å². The van der Waals surface area contributed by atoms with Crippen molar-refractivity contribution in [3.05, 3.63) is 68.1 Å². The average Bonchev–Trinajstić information content (AvgIpc) is 2.60. The van der Waals surface area contributed by atoms with Gasteiger partial charge in [0.1, 0.15) is 11.8 Å². The van der Waals surface area contributed by atoms with Crippen LogP contribution in [0.2, 0.25) is 0 Å². The number of nitro groups is 1. The number of nitrogens with zero attached hydrogens (tertiary/aromatic N) is 2. The number of carbonyl (C=O) groups excluding carboxylic acids is 1. The smallest absolute Gasteiger partial charge is 0.317 e. The molecule has 2 unspecified atom stereocenters. The monoisotopic (exact) mass is 356 g/mol. The first-order valence-electron chi connectivity index (χ1n) is 7.91. The van der Waals surface area contributed by atoms with Crippen molar-refractivity contribution in [3.63, 3.8) is 0 Å². The molecule has 1 aromatic carbocycles. The van der Waals surface area contributed by atoms with Crippen molar-refractivity contribution in [1.82, 2.24) is 4.98 Å². The Labute approximate surface area is 147 Å². The Morgan fingerprint density at radius 1 is 1.38 bits per heavy atom. The zero-order valence-electron chi connectivity index (χ0n) is 13.8. The van der Waals surface area contributed by atoms with Crippen LogP contribution in [0.25, 0.3) is 0 Å². The molecule has 1 aliphatic rings. The summed E-state index contributed by atoms with van der Waals surface area (Å²) < 4.78 is 5.08. The first-order chi connectivity index (χ1) is 12.5. The van der Waals surface area contributed by atoms with Crippen molar-refractivity contribution in [2.24, 2.45) is 16.6 Å². The van der Waals surface area contributed by atoms with Crippen LogP contribution in [0, 0.1) is 16.0 Å². The molecule has 26 heavy (non-hydrogen) atoms. The molecule has 1 aliphatic heterocycles. The number of aromatic nitrogens is 1. The van der Waals surface area contributed by atoms with Gasteiger partial charge in [-0.2, -0.15) is 0 Å². The Hall–Kier alpha value is -3.49. The maximum Gasteiger partial charge on any atom is 0.317 e. The number of rotatable bonds is 4. The molecule has 9 nitrogen and oxygen atoms in total. The molecule has 0 spiro atoms. The highest BCUT2D eigenvalue weighted by molar-refractivity contribution is 6.04. The van der Waals surface area contributed by atoms with E-state index in [1.807, 2.05) is 0 Å². The normalized spacial score (nSPS) is 18.6. The average molecular weight is 356 g/mol. The van der Waals surface area contributed by atoms with Crippen LogP contribution < -0.4 is 11.3 Å². The predicted molar refractivity (Wildman–Crippen MR) is 93.4 cm³/mol. The summed E-state index contributed by atoms with van der Waals surface area (Å²) in [6.07, 6.45) is 1.40. The Morgan fingerprint density at radius 3 is 2.81 bits per heavy atom. The number of nitrogens with one attached hydrogen (secondary N) is 1. The van der Waals surface area contributed by atoms with Crippen LogP contribution in [0.4, 0.5) is 11.4 Å². The minimum atomic E-state index is -1.13.